The lowest BCUT2D eigenvalue weighted by Crippen LogP contribution is -2.28. The average Bonchev–Trinajstić information content (AvgIpc) is 3.11. The first-order valence-corrected chi connectivity index (χ1v) is 7.86. The number of hydrogen-bond donors (Lipinski definition) is 1. The van der Waals surface area contributed by atoms with Gasteiger partial charge < -0.3 is 10.6 Å². The standard InChI is InChI=1S/C16H16N2OS/c17-12-5-1-3-10-7-8-18(15(10)12)16(19)14-9-11-4-2-6-13(11)20-14/h1,3,5,9H,2,4,6-8,17H2. The predicted molar refractivity (Wildman–Crippen MR) is 82.6 cm³/mol. The third kappa shape index (κ3) is 1.68. The Morgan fingerprint density at radius 1 is 1.20 bits per heavy atom. The fraction of sp³-hybridized carbons (Fsp3) is 0.312. The highest BCUT2D eigenvalue weighted by atomic mass is 32.1. The molecule has 1 aliphatic carbocycles. The summed E-state index contributed by atoms with van der Waals surface area (Å²) in [5, 5.41) is 0. The maximum absolute atomic E-state index is 12.7. The molecule has 0 atom stereocenters. The summed E-state index contributed by atoms with van der Waals surface area (Å²) in [6.45, 7) is 0.741. The van der Waals surface area contributed by atoms with Crippen molar-refractivity contribution in [3.8, 4) is 0 Å². The molecule has 1 aromatic carbocycles. The Balaban J connectivity index is 1.71. The molecule has 2 aromatic rings. The SMILES string of the molecule is Nc1cccc2c1N(C(=O)c1cc3c(s1)CCC3)CC2. The number of para-hydroxylation sites is 1. The van der Waals surface area contributed by atoms with Crippen molar-refractivity contribution in [1.82, 2.24) is 0 Å². The number of carbonyl (C=O) groups excluding carboxylic acids is 1. The molecule has 2 aliphatic rings. The number of anilines is 2. The summed E-state index contributed by atoms with van der Waals surface area (Å²) in [5.74, 6) is 0.112. The maximum atomic E-state index is 12.7. The topological polar surface area (TPSA) is 46.3 Å². The number of hydrogen-bond acceptors (Lipinski definition) is 3. The number of amides is 1. The molecule has 0 unspecified atom stereocenters. The van der Waals surface area contributed by atoms with Gasteiger partial charge in [0.15, 0.2) is 0 Å². The molecule has 102 valence electrons. The van der Waals surface area contributed by atoms with Gasteiger partial charge in [0.25, 0.3) is 5.91 Å². The third-order valence-electron chi connectivity index (χ3n) is 4.23. The average molecular weight is 284 g/mol. The summed E-state index contributed by atoms with van der Waals surface area (Å²) in [4.78, 5) is 16.9. The summed E-state index contributed by atoms with van der Waals surface area (Å²) >= 11 is 1.67. The fourth-order valence-corrected chi connectivity index (χ4v) is 4.46. The quantitative estimate of drug-likeness (QED) is 0.818. The van der Waals surface area contributed by atoms with Gasteiger partial charge in [0.05, 0.1) is 16.3 Å². The first-order chi connectivity index (χ1) is 9.74. The highest BCUT2D eigenvalue weighted by Crippen LogP contribution is 2.37. The van der Waals surface area contributed by atoms with E-state index in [4.69, 9.17) is 5.73 Å². The van der Waals surface area contributed by atoms with E-state index >= 15 is 0 Å². The maximum Gasteiger partial charge on any atom is 0.268 e. The van der Waals surface area contributed by atoms with Gasteiger partial charge in [-0.1, -0.05) is 12.1 Å². The van der Waals surface area contributed by atoms with Gasteiger partial charge in [-0.2, -0.15) is 0 Å². The number of aryl methyl sites for hydroxylation is 2. The minimum atomic E-state index is 0.112. The lowest BCUT2D eigenvalue weighted by Gasteiger charge is -2.18. The van der Waals surface area contributed by atoms with Crippen LogP contribution in [0.4, 0.5) is 11.4 Å². The van der Waals surface area contributed by atoms with Crippen LogP contribution in [0.5, 0.6) is 0 Å². The smallest absolute Gasteiger partial charge is 0.268 e. The first kappa shape index (κ1) is 12.0. The van der Waals surface area contributed by atoms with E-state index in [9.17, 15) is 4.79 Å². The Morgan fingerprint density at radius 3 is 2.95 bits per heavy atom. The summed E-state index contributed by atoms with van der Waals surface area (Å²) in [6, 6.07) is 7.99. The van der Waals surface area contributed by atoms with Crippen LogP contribution in [0.25, 0.3) is 0 Å². The van der Waals surface area contributed by atoms with Crippen molar-refractivity contribution in [2.75, 3.05) is 17.2 Å². The van der Waals surface area contributed by atoms with Crippen molar-refractivity contribution in [3.05, 3.63) is 45.1 Å². The summed E-state index contributed by atoms with van der Waals surface area (Å²) in [5.41, 5.74) is 10.2. The Labute approximate surface area is 122 Å². The van der Waals surface area contributed by atoms with Crippen molar-refractivity contribution in [3.63, 3.8) is 0 Å². The van der Waals surface area contributed by atoms with Crippen LogP contribution in [0.2, 0.25) is 0 Å². The van der Waals surface area contributed by atoms with Crippen molar-refractivity contribution >= 4 is 28.6 Å². The minimum absolute atomic E-state index is 0.112. The Kier molecular flexibility index (Phi) is 2.60. The van der Waals surface area contributed by atoms with Crippen LogP contribution in [-0.4, -0.2) is 12.5 Å². The molecule has 3 nitrogen and oxygen atoms in total. The molecule has 0 saturated carbocycles. The number of fused-ring (bicyclic) bond motifs is 2. The van der Waals surface area contributed by atoms with Crippen LogP contribution in [0.1, 0.15) is 32.1 Å². The van der Waals surface area contributed by atoms with E-state index in [0.717, 1.165) is 36.4 Å². The van der Waals surface area contributed by atoms with Gasteiger partial charge in [0.1, 0.15) is 0 Å². The second-order valence-electron chi connectivity index (χ2n) is 5.47. The molecule has 2 N–H and O–H groups in total. The molecule has 0 fully saturated rings. The highest BCUT2D eigenvalue weighted by Gasteiger charge is 2.29. The highest BCUT2D eigenvalue weighted by molar-refractivity contribution is 7.14. The number of thiophene rings is 1. The Hall–Kier alpha value is -1.81. The largest absolute Gasteiger partial charge is 0.397 e. The number of nitrogens with two attached hydrogens (primary N) is 1. The van der Waals surface area contributed by atoms with Gasteiger partial charge in [-0.3, -0.25) is 4.79 Å². The molecule has 0 saturated heterocycles. The van der Waals surface area contributed by atoms with Crippen molar-refractivity contribution in [2.45, 2.75) is 25.7 Å². The number of nitrogen functional groups attached to an aromatic ring is 1. The normalized spacial score (nSPS) is 16.3. The Bertz CT molecular complexity index is 683. The van der Waals surface area contributed by atoms with Gasteiger partial charge in [-0.05, 0) is 48.9 Å². The van der Waals surface area contributed by atoms with E-state index in [1.54, 1.807) is 11.3 Å². The molecule has 0 spiro atoms. The molecule has 1 aromatic heterocycles. The monoisotopic (exact) mass is 284 g/mol. The van der Waals surface area contributed by atoms with Crippen molar-refractivity contribution in [2.24, 2.45) is 0 Å². The van der Waals surface area contributed by atoms with Crippen LogP contribution in [0.15, 0.2) is 24.3 Å². The van der Waals surface area contributed by atoms with Crippen molar-refractivity contribution < 1.29 is 4.79 Å². The van der Waals surface area contributed by atoms with E-state index in [1.807, 2.05) is 17.0 Å². The number of nitrogens with zero attached hydrogens (tertiary/aromatic N) is 1. The molecule has 4 heteroatoms. The van der Waals surface area contributed by atoms with Crippen LogP contribution in [0, 0.1) is 0 Å². The number of carbonyl (C=O) groups is 1. The zero-order valence-electron chi connectivity index (χ0n) is 11.2. The van der Waals surface area contributed by atoms with Gasteiger partial charge in [-0.15, -0.1) is 11.3 Å². The van der Waals surface area contributed by atoms with Gasteiger partial charge in [0, 0.05) is 11.4 Å². The van der Waals surface area contributed by atoms with Crippen LogP contribution in [0.3, 0.4) is 0 Å². The number of benzene rings is 1. The summed E-state index contributed by atoms with van der Waals surface area (Å²) < 4.78 is 0. The molecule has 2 heterocycles. The van der Waals surface area contributed by atoms with Crippen LogP contribution in [-0.2, 0) is 19.3 Å². The fourth-order valence-electron chi connectivity index (χ4n) is 3.26. The third-order valence-corrected chi connectivity index (χ3v) is 5.45. The second-order valence-corrected chi connectivity index (χ2v) is 6.61. The zero-order chi connectivity index (χ0) is 13.7. The molecule has 0 bridgehead atoms. The molecule has 20 heavy (non-hydrogen) atoms. The molecular weight excluding hydrogens is 268 g/mol. The molecule has 4 rings (SSSR count). The van der Waals surface area contributed by atoms with Gasteiger partial charge >= 0.3 is 0 Å². The van der Waals surface area contributed by atoms with Gasteiger partial charge in [0.2, 0.25) is 0 Å². The van der Waals surface area contributed by atoms with Crippen LogP contribution >= 0.6 is 11.3 Å². The summed E-state index contributed by atoms with van der Waals surface area (Å²) in [6.07, 6.45) is 4.39. The lowest BCUT2D eigenvalue weighted by molar-refractivity contribution is 0.0993. The van der Waals surface area contributed by atoms with E-state index in [0.29, 0.717) is 5.69 Å². The lowest BCUT2D eigenvalue weighted by atomic mass is 10.1. The van der Waals surface area contributed by atoms with Crippen LogP contribution < -0.4 is 10.6 Å². The first-order valence-electron chi connectivity index (χ1n) is 7.05. The van der Waals surface area contributed by atoms with E-state index < -0.39 is 0 Å². The minimum Gasteiger partial charge on any atom is -0.397 e. The van der Waals surface area contributed by atoms with Crippen molar-refractivity contribution in [1.29, 1.82) is 0 Å². The van der Waals surface area contributed by atoms with E-state index in [-0.39, 0.29) is 5.91 Å². The van der Waals surface area contributed by atoms with Gasteiger partial charge in [-0.25, -0.2) is 0 Å². The zero-order valence-corrected chi connectivity index (χ0v) is 12.0. The molecule has 1 amide bonds. The molecule has 1 aliphatic heterocycles. The van der Waals surface area contributed by atoms with E-state index in [1.165, 1.54) is 22.4 Å². The predicted octanol–water partition coefficient (Wildman–Crippen LogP) is 3.02. The summed E-state index contributed by atoms with van der Waals surface area (Å²) in [7, 11) is 0. The molecular formula is C16H16N2OS. The Morgan fingerprint density at radius 2 is 2.10 bits per heavy atom. The number of rotatable bonds is 1. The van der Waals surface area contributed by atoms with E-state index in [2.05, 4.69) is 12.1 Å². The second kappa shape index (κ2) is 4.35. The molecule has 0 radical (unpaired) electrons.